The number of amides is 1. The summed E-state index contributed by atoms with van der Waals surface area (Å²) >= 11 is 5.96. The van der Waals surface area contributed by atoms with Crippen molar-refractivity contribution in [1.29, 1.82) is 0 Å². The quantitative estimate of drug-likeness (QED) is 0.207. The molecule has 0 saturated heterocycles. The van der Waals surface area contributed by atoms with Crippen LogP contribution in [0.25, 0.3) is 11.1 Å². The van der Waals surface area contributed by atoms with E-state index in [1.165, 1.54) is 12.1 Å². The van der Waals surface area contributed by atoms with E-state index in [1.54, 1.807) is 67.6 Å². The molecule has 0 heterocycles. The van der Waals surface area contributed by atoms with Gasteiger partial charge in [0.1, 0.15) is 17.4 Å². The Bertz CT molecular complexity index is 1690. The minimum absolute atomic E-state index is 0.0148. The Kier molecular flexibility index (Phi) is 8.24. The Morgan fingerprint density at radius 2 is 1.52 bits per heavy atom. The summed E-state index contributed by atoms with van der Waals surface area (Å²) in [6.07, 6.45) is -0.999. The van der Waals surface area contributed by atoms with Crippen molar-refractivity contribution in [2.75, 3.05) is 12.5 Å². The molecule has 0 radical (unpaired) electrons. The molecule has 2 atom stereocenters. The summed E-state index contributed by atoms with van der Waals surface area (Å²) in [6.45, 7) is 1.52. The third-order valence-corrected chi connectivity index (χ3v) is 9.04. The van der Waals surface area contributed by atoms with Crippen LogP contribution in [-0.2, 0) is 19.4 Å². The average molecular weight is 606 g/mol. The Hall–Kier alpha value is -4.34. The van der Waals surface area contributed by atoms with Gasteiger partial charge < -0.3 is 14.6 Å². The minimum atomic E-state index is -4.14. The molecule has 1 aliphatic rings. The number of benzene rings is 4. The van der Waals surface area contributed by atoms with E-state index in [9.17, 15) is 23.1 Å². The molecule has 216 valence electrons. The molecule has 10 heteroatoms. The lowest BCUT2D eigenvalue weighted by atomic mass is 10.0. The maximum Gasteiger partial charge on any atom is 0.411 e. The number of hydrogen-bond donors (Lipinski definition) is 1. The van der Waals surface area contributed by atoms with Crippen LogP contribution in [0.1, 0.15) is 24.8 Å². The molecule has 0 aromatic heterocycles. The van der Waals surface area contributed by atoms with E-state index in [0.29, 0.717) is 22.1 Å². The predicted octanol–water partition coefficient (Wildman–Crippen LogP) is 7.00. The molecule has 1 saturated carbocycles. The number of aliphatic carboxylic acids is 1. The van der Waals surface area contributed by atoms with Gasteiger partial charge in [-0.2, -0.15) is 0 Å². The number of sulfone groups is 1. The summed E-state index contributed by atoms with van der Waals surface area (Å²) < 4.78 is 38.2. The van der Waals surface area contributed by atoms with Crippen LogP contribution in [0.15, 0.2) is 108 Å². The molecule has 4 aromatic rings. The van der Waals surface area contributed by atoms with Crippen LogP contribution in [-0.4, -0.2) is 48.5 Å². The van der Waals surface area contributed by atoms with Gasteiger partial charge in [0.05, 0.1) is 11.5 Å². The van der Waals surface area contributed by atoms with Gasteiger partial charge in [-0.05, 0) is 78.6 Å². The molecule has 8 nitrogen and oxygen atoms in total. The number of rotatable bonds is 10. The molecule has 42 heavy (non-hydrogen) atoms. The summed E-state index contributed by atoms with van der Waals surface area (Å²) in [5.74, 6) is -1.77. The Morgan fingerprint density at radius 1 is 0.905 bits per heavy atom. The molecule has 1 aliphatic carbocycles. The van der Waals surface area contributed by atoms with Gasteiger partial charge in [-0.1, -0.05) is 66.2 Å². The van der Waals surface area contributed by atoms with Gasteiger partial charge in [0.15, 0.2) is 15.4 Å². The van der Waals surface area contributed by atoms with Crippen LogP contribution < -0.4 is 4.74 Å². The Morgan fingerprint density at radius 3 is 2.14 bits per heavy atom. The van der Waals surface area contributed by atoms with Crippen molar-refractivity contribution < 1.29 is 32.6 Å². The number of para-hydroxylation sites is 1. The first kappa shape index (κ1) is 29.2. The van der Waals surface area contributed by atoms with Crippen molar-refractivity contribution in [3.8, 4) is 22.6 Å². The highest BCUT2D eigenvalue weighted by atomic mass is 35.5. The smallest absolute Gasteiger partial charge is 0.411 e. The average Bonchev–Trinajstić information content (AvgIpc) is 3.74. The Labute approximate surface area is 249 Å². The zero-order valence-electron chi connectivity index (χ0n) is 22.6. The van der Waals surface area contributed by atoms with E-state index >= 15 is 0 Å². The number of carboxylic acids is 1. The van der Waals surface area contributed by atoms with E-state index < -0.39 is 39.2 Å². The number of carbonyl (C=O) groups excluding carboxylic acids is 1. The lowest BCUT2D eigenvalue weighted by molar-refractivity contribution is -0.144. The second-order valence-electron chi connectivity index (χ2n) is 9.88. The van der Waals surface area contributed by atoms with Crippen LogP contribution in [0.2, 0.25) is 5.02 Å². The molecule has 4 aromatic carbocycles. The Balaban J connectivity index is 1.43. The first-order chi connectivity index (χ1) is 20.1. The molecule has 1 fully saturated rings. The lowest BCUT2D eigenvalue weighted by Crippen LogP contribution is -2.51. The summed E-state index contributed by atoms with van der Waals surface area (Å²) in [5.41, 5.74) is 0.411. The lowest BCUT2D eigenvalue weighted by Gasteiger charge is -2.29. The number of halogens is 1. The topological polar surface area (TPSA) is 110 Å². The molecule has 0 bridgehead atoms. The zero-order valence-corrected chi connectivity index (χ0v) is 24.2. The SMILES string of the molecule is CCOC(=O)N(CS(=O)(=O)c1ccc(-c2ccc(Cl)cc2)cc1)[C@]1(C(=O)O)C[C@H]1c1cccc(Oc2ccccc2)c1. The van der Waals surface area contributed by atoms with Crippen molar-refractivity contribution in [1.82, 2.24) is 4.90 Å². The van der Waals surface area contributed by atoms with Crippen LogP contribution in [0.4, 0.5) is 4.79 Å². The number of nitrogens with zero attached hydrogens (tertiary/aromatic N) is 1. The van der Waals surface area contributed by atoms with Gasteiger partial charge in [0.2, 0.25) is 0 Å². The molecular formula is C32H28ClNO7S. The molecule has 1 N–H and O–H groups in total. The second kappa shape index (κ2) is 11.9. The van der Waals surface area contributed by atoms with Gasteiger partial charge in [-0.3, -0.25) is 4.90 Å². The number of carboxylic acid groups (broad SMARTS) is 1. The van der Waals surface area contributed by atoms with E-state index in [2.05, 4.69) is 0 Å². The first-order valence-corrected chi connectivity index (χ1v) is 15.3. The monoisotopic (exact) mass is 605 g/mol. The minimum Gasteiger partial charge on any atom is -0.479 e. The summed E-state index contributed by atoms with van der Waals surface area (Å²) in [5, 5.41) is 11.0. The van der Waals surface area contributed by atoms with Crippen molar-refractivity contribution in [2.24, 2.45) is 0 Å². The highest BCUT2D eigenvalue weighted by Crippen LogP contribution is 2.56. The van der Waals surface area contributed by atoms with Gasteiger partial charge in [0.25, 0.3) is 0 Å². The highest BCUT2D eigenvalue weighted by molar-refractivity contribution is 7.91. The molecule has 5 rings (SSSR count). The molecular weight excluding hydrogens is 578 g/mol. The third-order valence-electron chi connectivity index (χ3n) is 7.20. The predicted molar refractivity (Wildman–Crippen MR) is 158 cm³/mol. The molecule has 0 aliphatic heterocycles. The second-order valence-corrected chi connectivity index (χ2v) is 12.3. The van der Waals surface area contributed by atoms with Gasteiger partial charge in [-0.25, -0.2) is 18.0 Å². The van der Waals surface area contributed by atoms with Gasteiger partial charge in [0, 0.05) is 10.9 Å². The van der Waals surface area contributed by atoms with Crippen LogP contribution in [0.3, 0.4) is 0 Å². The third kappa shape index (κ3) is 5.98. The van der Waals surface area contributed by atoms with Gasteiger partial charge in [-0.15, -0.1) is 0 Å². The molecule has 0 unspecified atom stereocenters. The molecule has 0 spiro atoms. The number of hydrogen-bond acceptors (Lipinski definition) is 6. The van der Waals surface area contributed by atoms with Crippen molar-refractivity contribution in [2.45, 2.75) is 29.7 Å². The van der Waals surface area contributed by atoms with Crippen molar-refractivity contribution in [3.63, 3.8) is 0 Å². The van der Waals surface area contributed by atoms with E-state index in [0.717, 1.165) is 16.0 Å². The van der Waals surface area contributed by atoms with Crippen molar-refractivity contribution in [3.05, 3.63) is 114 Å². The van der Waals surface area contributed by atoms with Crippen LogP contribution >= 0.6 is 11.6 Å². The number of ether oxygens (including phenoxy) is 2. The fraction of sp³-hybridized carbons (Fsp3) is 0.188. The summed E-state index contributed by atoms with van der Waals surface area (Å²) in [6, 6.07) is 29.3. The van der Waals surface area contributed by atoms with E-state index in [1.807, 2.05) is 30.3 Å². The van der Waals surface area contributed by atoms with E-state index in [4.69, 9.17) is 21.1 Å². The molecule has 1 amide bonds. The maximum atomic E-state index is 13.6. The largest absolute Gasteiger partial charge is 0.479 e. The maximum absolute atomic E-state index is 13.6. The first-order valence-electron chi connectivity index (χ1n) is 13.2. The zero-order chi connectivity index (χ0) is 29.9. The van der Waals surface area contributed by atoms with Crippen LogP contribution in [0.5, 0.6) is 11.5 Å². The number of carbonyl (C=O) groups is 2. The fourth-order valence-corrected chi connectivity index (χ4v) is 6.49. The normalized spacial score (nSPS) is 17.7. The van der Waals surface area contributed by atoms with Crippen LogP contribution in [0, 0.1) is 0 Å². The fourth-order valence-electron chi connectivity index (χ4n) is 4.99. The van der Waals surface area contributed by atoms with Gasteiger partial charge >= 0.3 is 12.1 Å². The van der Waals surface area contributed by atoms with Crippen molar-refractivity contribution >= 4 is 33.5 Å². The summed E-state index contributed by atoms with van der Waals surface area (Å²) in [7, 11) is -4.14. The highest BCUT2D eigenvalue weighted by Gasteiger charge is 2.67. The standard InChI is InChI=1S/C32H28ClNO7S/c1-2-40-31(37)34(21-42(38,39)28-17-13-23(14-18-28)22-11-15-25(33)16-12-22)32(30(35)36)20-29(32)24-7-6-10-27(19-24)41-26-8-4-3-5-9-26/h3-19,29H,2,20-21H2,1H3,(H,35,36)/t29-,32+/m0/s1. The van der Waals surface area contributed by atoms with E-state index in [-0.39, 0.29) is 17.9 Å². The summed E-state index contributed by atoms with van der Waals surface area (Å²) in [4.78, 5) is 26.7.